The number of rotatable bonds is 5. The van der Waals surface area contributed by atoms with Gasteiger partial charge in [0.25, 0.3) is 15.9 Å². The molecule has 2 aromatic heterocycles. The third-order valence-corrected chi connectivity index (χ3v) is 7.52. The Labute approximate surface area is 196 Å². The lowest BCUT2D eigenvalue weighted by atomic mass is 9.98. The lowest BCUT2D eigenvalue weighted by Crippen LogP contribution is -2.48. The van der Waals surface area contributed by atoms with Crippen molar-refractivity contribution < 1.29 is 23.1 Å². The molecule has 0 bridgehead atoms. The number of nitrogens with zero attached hydrogens (tertiary/aromatic N) is 5. The van der Waals surface area contributed by atoms with E-state index in [2.05, 4.69) is 20.9 Å². The number of aryl methyl sites for hydroxylation is 2. The van der Waals surface area contributed by atoms with Gasteiger partial charge in [-0.1, -0.05) is 18.2 Å². The number of piperidine rings is 1. The Hall–Kier alpha value is -3.71. The number of hydrogen-bond acceptors (Lipinski definition) is 7. The van der Waals surface area contributed by atoms with Crippen LogP contribution < -0.4 is 10.9 Å². The quantitative estimate of drug-likeness (QED) is 0.443. The van der Waals surface area contributed by atoms with Crippen molar-refractivity contribution in [3.05, 3.63) is 54.2 Å². The standard InChI is InChI=1S/C21H25N7O5S/c1-14-22-18(13-26(14)2)34(32,33)27-10-8-15(9-11-27)20(30)23-24-21(31)19-17(29)12-28(25-19)16-6-4-3-5-7-16/h3-7,12-13,15,29H,8-11H2,1-2H3,(H,23,30)(H,24,31). The molecule has 1 fully saturated rings. The van der Waals surface area contributed by atoms with Crippen molar-refractivity contribution in [2.75, 3.05) is 13.1 Å². The molecule has 1 saturated heterocycles. The van der Waals surface area contributed by atoms with Crippen LogP contribution >= 0.6 is 0 Å². The number of carbonyl (C=O) groups is 2. The minimum Gasteiger partial charge on any atom is -0.504 e. The molecule has 34 heavy (non-hydrogen) atoms. The molecule has 4 rings (SSSR count). The lowest BCUT2D eigenvalue weighted by Gasteiger charge is -2.29. The van der Waals surface area contributed by atoms with Crippen LogP contribution in [-0.4, -0.2) is 62.1 Å². The maximum atomic E-state index is 12.8. The van der Waals surface area contributed by atoms with E-state index in [4.69, 9.17) is 0 Å². The number of nitrogens with one attached hydrogen (secondary N) is 2. The molecule has 3 aromatic rings. The largest absolute Gasteiger partial charge is 0.504 e. The molecule has 180 valence electrons. The van der Waals surface area contributed by atoms with Crippen LogP contribution in [0, 0.1) is 12.8 Å². The number of carbonyl (C=O) groups excluding carboxylic acids is 2. The molecule has 2 amide bonds. The van der Waals surface area contributed by atoms with E-state index in [1.54, 1.807) is 42.8 Å². The van der Waals surface area contributed by atoms with Crippen molar-refractivity contribution >= 4 is 21.8 Å². The van der Waals surface area contributed by atoms with E-state index in [-0.39, 0.29) is 29.6 Å². The van der Waals surface area contributed by atoms with Crippen LogP contribution in [0.15, 0.2) is 47.8 Å². The van der Waals surface area contributed by atoms with Crippen molar-refractivity contribution in [3.8, 4) is 11.4 Å². The Morgan fingerprint density at radius 3 is 2.38 bits per heavy atom. The molecule has 0 spiro atoms. The number of para-hydroxylation sites is 1. The monoisotopic (exact) mass is 487 g/mol. The van der Waals surface area contributed by atoms with Crippen LogP contribution in [0.2, 0.25) is 0 Å². The third-order valence-electron chi connectivity index (χ3n) is 5.75. The Bertz CT molecular complexity index is 1290. The van der Waals surface area contributed by atoms with E-state index >= 15 is 0 Å². The van der Waals surface area contributed by atoms with Crippen molar-refractivity contribution in [2.45, 2.75) is 24.8 Å². The normalized spacial score (nSPS) is 15.2. The maximum absolute atomic E-state index is 12.8. The number of hydrogen-bond donors (Lipinski definition) is 3. The number of imidazole rings is 1. The molecule has 1 aliphatic rings. The Kier molecular flexibility index (Phi) is 6.39. The molecular weight excluding hydrogens is 462 g/mol. The molecule has 12 nitrogen and oxygen atoms in total. The summed E-state index contributed by atoms with van der Waals surface area (Å²) < 4.78 is 29.9. The summed E-state index contributed by atoms with van der Waals surface area (Å²) in [6.45, 7) is 2.04. The molecule has 1 aromatic carbocycles. The van der Waals surface area contributed by atoms with Gasteiger partial charge in [-0.25, -0.2) is 18.1 Å². The fraction of sp³-hybridized carbons (Fsp3) is 0.333. The van der Waals surface area contributed by atoms with Gasteiger partial charge in [0.1, 0.15) is 5.82 Å². The SMILES string of the molecule is Cc1nc(S(=O)(=O)N2CCC(C(=O)NNC(=O)c3nn(-c4ccccc4)cc3O)CC2)cn1C. The highest BCUT2D eigenvalue weighted by Gasteiger charge is 2.33. The lowest BCUT2D eigenvalue weighted by molar-refractivity contribution is -0.126. The van der Waals surface area contributed by atoms with Crippen LogP contribution in [0.25, 0.3) is 5.69 Å². The second-order valence-corrected chi connectivity index (χ2v) is 9.89. The van der Waals surface area contributed by atoms with Gasteiger partial charge in [-0.3, -0.25) is 20.4 Å². The Morgan fingerprint density at radius 2 is 1.76 bits per heavy atom. The average Bonchev–Trinajstić information content (AvgIpc) is 3.40. The predicted octanol–water partition coefficient (Wildman–Crippen LogP) is 0.482. The fourth-order valence-corrected chi connectivity index (χ4v) is 5.16. The van der Waals surface area contributed by atoms with E-state index in [9.17, 15) is 23.1 Å². The van der Waals surface area contributed by atoms with Gasteiger partial charge in [-0.05, 0) is 31.9 Å². The van der Waals surface area contributed by atoms with Crippen molar-refractivity contribution in [1.82, 2.24) is 34.5 Å². The molecule has 3 heterocycles. The second kappa shape index (κ2) is 9.27. The van der Waals surface area contributed by atoms with E-state index in [0.717, 1.165) is 0 Å². The maximum Gasteiger partial charge on any atom is 0.294 e. The first-order valence-electron chi connectivity index (χ1n) is 10.6. The summed E-state index contributed by atoms with van der Waals surface area (Å²) in [6.07, 6.45) is 3.35. The summed E-state index contributed by atoms with van der Waals surface area (Å²) in [4.78, 5) is 29.0. The van der Waals surface area contributed by atoms with Crippen molar-refractivity contribution in [3.63, 3.8) is 0 Å². The zero-order valence-electron chi connectivity index (χ0n) is 18.7. The van der Waals surface area contributed by atoms with Gasteiger partial charge in [-0.15, -0.1) is 0 Å². The Balaban J connectivity index is 1.32. The second-order valence-electron chi connectivity index (χ2n) is 8.00. The first-order chi connectivity index (χ1) is 16.2. The first kappa shape index (κ1) is 23.4. The number of amides is 2. The van der Waals surface area contributed by atoms with Crippen LogP contribution in [0.4, 0.5) is 0 Å². The highest BCUT2D eigenvalue weighted by Crippen LogP contribution is 2.23. The molecule has 3 N–H and O–H groups in total. The number of sulfonamides is 1. The first-order valence-corrected chi connectivity index (χ1v) is 12.0. The highest BCUT2D eigenvalue weighted by molar-refractivity contribution is 7.89. The topological polar surface area (TPSA) is 151 Å². The third kappa shape index (κ3) is 4.65. The molecule has 1 aliphatic heterocycles. The zero-order chi connectivity index (χ0) is 24.5. The number of aromatic nitrogens is 4. The fourth-order valence-electron chi connectivity index (χ4n) is 3.66. The van der Waals surface area contributed by atoms with Gasteiger partial charge in [0.2, 0.25) is 5.91 Å². The minimum absolute atomic E-state index is 0.0163. The van der Waals surface area contributed by atoms with Crippen molar-refractivity contribution in [1.29, 1.82) is 0 Å². The van der Waals surface area contributed by atoms with E-state index in [1.807, 2.05) is 6.07 Å². The molecule has 13 heteroatoms. The summed E-state index contributed by atoms with van der Waals surface area (Å²) in [7, 11) is -2.02. The van der Waals surface area contributed by atoms with Crippen molar-refractivity contribution in [2.24, 2.45) is 13.0 Å². The summed E-state index contributed by atoms with van der Waals surface area (Å²) in [5.74, 6) is -1.44. The van der Waals surface area contributed by atoms with Gasteiger partial charge in [0, 0.05) is 32.3 Å². The van der Waals surface area contributed by atoms with Gasteiger partial charge >= 0.3 is 0 Å². The van der Waals surface area contributed by atoms with Gasteiger partial charge < -0.3 is 9.67 Å². The Morgan fingerprint density at radius 1 is 1.09 bits per heavy atom. The van der Waals surface area contributed by atoms with Gasteiger partial charge in [-0.2, -0.15) is 9.40 Å². The average molecular weight is 488 g/mol. The zero-order valence-corrected chi connectivity index (χ0v) is 19.5. The van der Waals surface area contributed by atoms with E-state index in [0.29, 0.717) is 24.4 Å². The van der Waals surface area contributed by atoms with Gasteiger partial charge in [0.05, 0.1) is 11.9 Å². The van der Waals surface area contributed by atoms with Crippen LogP contribution in [-0.2, 0) is 21.9 Å². The molecular formula is C21H25N7O5S. The summed E-state index contributed by atoms with van der Waals surface area (Å²) in [6, 6.07) is 8.94. The van der Waals surface area contributed by atoms with Crippen LogP contribution in [0.3, 0.4) is 0 Å². The minimum atomic E-state index is -3.74. The molecule has 0 saturated carbocycles. The molecule has 0 aliphatic carbocycles. The number of aromatic hydroxyl groups is 1. The van der Waals surface area contributed by atoms with E-state index < -0.39 is 27.8 Å². The smallest absolute Gasteiger partial charge is 0.294 e. The van der Waals surface area contributed by atoms with Gasteiger partial charge in [0.15, 0.2) is 16.5 Å². The molecule has 0 atom stereocenters. The number of hydrazine groups is 1. The van der Waals surface area contributed by atoms with Crippen LogP contribution in [0.1, 0.15) is 29.2 Å². The predicted molar refractivity (Wildman–Crippen MR) is 120 cm³/mol. The highest BCUT2D eigenvalue weighted by atomic mass is 32.2. The van der Waals surface area contributed by atoms with Crippen LogP contribution in [0.5, 0.6) is 5.75 Å². The summed E-state index contributed by atoms with van der Waals surface area (Å²) in [5, 5.41) is 14.1. The molecule has 0 unspecified atom stereocenters. The summed E-state index contributed by atoms with van der Waals surface area (Å²) in [5.41, 5.74) is 5.02. The molecule has 0 radical (unpaired) electrons. The number of benzene rings is 1. The van der Waals surface area contributed by atoms with E-state index in [1.165, 1.54) is 21.4 Å². The summed E-state index contributed by atoms with van der Waals surface area (Å²) >= 11 is 0.